The van der Waals surface area contributed by atoms with E-state index in [0.29, 0.717) is 11.8 Å². The summed E-state index contributed by atoms with van der Waals surface area (Å²) >= 11 is 1.77. The largest absolute Gasteiger partial charge is 0.349 e. The second-order valence-corrected chi connectivity index (χ2v) is 9.47. The third kappa shape index (κ3) is 2.49. The summed E-state index contributed by atoms with van der Waals surface area (Å²) in [6.45, 7) is 0. The van der Waals surface area contributed by atoms with E-state index in [4.69, 9.17) is 0 Å². The number of nitrogens with one attached hydrogen (secondary N) is 1. The second-order valence-electron chi connectivity index (χ2n) is 8.34. The summed E-state index contributed by atoms with van der Waals surface area (Å²) in [5.74, 6) is 4.23. The Morgan fingerprint density at radius 3 is 2.50 bits per heavy atom. The molecule has 1 amide bonds. The van der Waals surface area contributed by atoms with Gasteiger partial charge in [-0.3, -0.25) is 4.79 Å². The van der Waals surface area contributed by atoms with Crippen LogP contribution in [0, 0.1) is 35.4 Å². The fourth-order valence-electron chi connectivity index (χ4n) is 6.14. The minimum Gasteiger partial charge on any atom is -0.349 e. The number of fused-ring (bicyclic) bond motifs is 1. The van der Waals surface area contributed by atoms with Crippen LogP contribution in [0.3, 0.4) is 0 Å². The maximum atomic E-state index is 13.7. The van der Waals surface area contributed by atoms with Gasteiger partial charge in [-0.15, -0.1) is 11.8 Å². The van der Waals surface area contributed by atoms with Gasteiger partial charge in [-0.25, -0.2) is 4.39 Å². The standard InChI is InChI=1S/C20H24FNOS/c21-15-1-2-18-16(10-15)17(3-4-24-18)22-20(23)19-13-6-11-5-12(8-13)9-14(19)7-11/h1-2,10-14,17,19H,3-9H2,(H,22,23). The van der Waals surface area contributed by atoms with Gasteiger partial charge < -0.3 is 5.32 Å². The van der Waals surface area contributed by atoms with E-state index in [-0.39, 0.29) is 23.7 Å². The third-order valence-electron chi connectivity index (χ3n) is 6.86. The van der Waals surface area contributed by atoms with E-state index in [1.54, 1.807) is 17.8 Å². The van der Waals surface area contributed by atoms with Crippen molar-refractivity contribution in [2.24, 2.45) is 29.6 Å². The van der Waals surface area contributed by atoms with Crippen molar-refractivity contribution in [3.05, 3.63) is 29.6 Å². The van der Waals surface area contributed by atoms with Crippen molar-refractivity contribution in [1.29, 1.82) is 0 Å². The molecule has 4 heteroatoms. The van der Waals surface area contributed by atoms with Gasteiger partial charge in [-0.2, -0.15) is 0 Å². The van der Waals surface area contributed by atoms with Crippen LogP contribution < -0.4 is 5.32 Å². The molecule has 0 saturated heterocycles. The Bertz CT molecular complexity index is 648. The first kappa shape index (κ1) is 15.2. The summed E-state index contributed by atoms with van der Waals surface area (Å²) in [4.78, 5) is 14.2. The molecule has 4 bridgehead atoms. The molecule has 24 heavy (non-hydrogen) atoms. The highest BCUT2D eigenvalue weighted by Gasteiger charge is 2.51. The molecule has 1 unspecified atom stereocenters. The van der Waals surface area contributed by atoms with Gasteiger partial charge in [0.25, 0.3) is 0 Å². The Morgan fingerprint density at radius 1 is 1.08 bits per heavy atom. The zero-order valence-electron chi connectivity index (χ0n) is 13.8. The predicted molar refractivity (Wildman–Crippen MR) is 93.2 cm³/mol. The molecule has 0 aromatic heterocycles. The maximum absolute atomic E-state index is 13.7. The number of thioether (sulfide) groups is 1. The van der Waals surface area contributed by atoms with Crippen LogP contribution in [-0.4, -0.2) is 11.7 Å². The molecule has 1 heterocycles. The van der Waals surface area contributed by atoms with Crippen molar-refractivity contribution in [3.63, 3.8) is 0 Å². The molecule has 4 fully saturated rings. The molecule has 6 rings (SSSR count). The van der Waals surface area contributed by atoms with Gasteiger partial charge in [0.2, 0.25) is 5.91 Å². The van der Waals surface area contributed by atoms with E-state index >= 15 is 0 Å². The monoisotopic (exact) mass is 345 g/mol. The van der Waals surface area contributed by atoms with E-state index in [9.17, 15) is 9.18 Å². The van der Waals surface area contributed by atoms with Gasteiger partial charge in [0.05, 0.1) is 6.04 Å². The van der Waals surface area contributed by atoms with E-state index in [2.05, 4.69) is 5.32 Å². The summed E-state index contributed by atoms with van der Waals surface area (Å²) in [6.07, 6.45) is 7.36. The molecule has 4 aliphatic carbocycles. The maximum Gasteiger partial charge on any atom is 0.224 e. The number of hydrogen-bond donors (Lipinski definition) is 1. The van der Waals surface area contributed by atoms with Crippen LogP contribution in [0.15, 0.2) is 23.1 Å². The highest BCUT2D eigenvalue weighted by atomic mass is 32.2. The zero-order valence-corrected chi connectivity index (χ0v) is 14.7. The fourth-order valence-corrected chi connectivity index (χ4v) is 7.24. The minimum absolute atomic E-state index is 0.0124. The van der Waals surface area contributed by atoms with Crippen LogP contribution >= 0.6 is 11.8 Å². The van der Waals surface area contributed by atoms with Crippen molar-refractivity contribution >= 4 is 17.7 Å². The van der Waals surface area contributed by atoms with E-state index < -0.39 is 0 Å². The highest BCUT2D eigenvalue weighted by Crippen LogP contribution is 2.56. The highest BCUT2D eigenvalue weighted by molar-refractivity contribution is 7.99. The number of rotatable bonds is 2. The molecule has 1 aromatic carbocycles. The molecule has 5 aliphatic rings. The summed E-state index contributed by atoms with van der Waals surface area (Å²) in [5.41, 5.74) is 0.975. The first-order valence-corrected chi connectivity index (χ1v) is 10.4. The van der Waals surface area contributed by atoms with Crippen LogP contribution in [0.2, 0.25) is 0 Å². The number of carbonyl (C=O) groups is 1. The minimum atomic E-state index is -0.204. The van der Waals surface area contributed by atoms with Crippen molar-refractivity contribution < 1.29 is 9.18 Å². The lowest BCUT2D eigenvalue weighted by Gasteiger charge is -2.53. The van der Waals surface area contributed by atoms with Crippen LogP contribution in [0.1, 0.15) is 50.1 Å². The average molecular weight is 345 g/mol. The number of benzene rings is 1. The normalized spacial score (nSPS) is 39.5. The number of carbonyl (C=O) groups excluding carboxylic acids is 1. The molecule has 128 valence electrons. The summed E-state index contributed by atoms with van der Waals surface area (Å²) in [6, 6.07) is 4.98. The SMILES string of the molecule is O=C(NC1CCSc2ccc(F)cc21)C1C2CC3CC(C2)CC1C3. The Balaban J connectivity index is 1.36. The molecule has 1 N–H and O–H groups in total. The summed E-state index contributed by atoms with van der Waals surface area (Å²) in [7, 11) is 0. The van der Waals surface area contributed by atoms with Crippen molar-refractivity contribution in [2.45, 2.75) is 49.5 Å². The van der Waals surface area contributed by atoms with E-state index in [0.717, 1.165) is 34.5 Å². The van der Waals surface area contributed by atoms with Crippen LogP contribution in [0.5, 0.6) is 0 Å². The first-order chi connectivity index (χ1) is 11.7. The molecular weight excluding hydrogens is 321 g/mol. The topological polar surface area (TPSA) is 29.1 Å². The predicted octanol–water partition coefficient (Wildman–Crippen LogP) is 4.55. The molecule has 0 radical (unpaired) electrons. The van der Waals surface area contributed by atoms with Gasteiger partial charge >= 0.3 is 0 Å². The van der Waals surface area contributed by atoms with Gasteiger partial charge in [0.15, 0.2) is 0 Å². The van der Waals surface area contributed by atoms with Crippen molar-refractivity contribution in [2.75, 3.05) is 5.75 Å². The quantitative estimate of drug-likeness (QED) is 0.852. The molecular formula is C20H24FNOS. The molecule has 1 atom stereocenters. The number of halogens is 1. The average Bonchev–Trinajstić information content (AvgIpc) is 2.54. The molecule has 4 saturated carbocycles. The lowest BCUT2D eigenvalue weighted by Crippen LogP contribution is -2.51. The Hall–Kier alpha value is -1.03. The fraction of sp³-hybridized carbons (Fsp3) is 0.650. The second kappa shape index (κ2) is 5.76. The van der Waals surface area contributed by atoms with Crippen molar-refractivity contribution in [1.82, 2.24) is 5.32 Å². The molecule has 0 spiro atoms. The van der Waals surface area contributed by atoms with Gasteiger partial charge in [-0.1, -0.05) is 0 Å². The Labute approximate surface area is 147 Å². The Morgan fingerprint density at radius 2 is 1.79 bits per heavy atom. The molecule has 1 aliphatic heterocycles. The van der Waals surface area contributed by atoms with E-state index in [1.165, 1.54) is 38.2 Å². The molecule has 2 nitrogen and oxygen atoms in total. The number of hydrogen-bond acceptors (Lipinski definition) is 2. The van der Waals surface area contributed by atoms with Gasteiger partial charge in [0, 0.05) is 16.6 Å². The van der Waals surface area contributed by atoms with Crippen LogP contribution in [0.25, 0.3) is 0 Å². The van der Waals surface area contributed by atoms with Crippen LogP contribution in [0.4, 0.5) is 4.39 Å². The molecule has 1 aromatic rings. The van der Waals surface area contributed by atoms with Crippen LogP contribution in [-0.2, 0) is 4.79 Å². The van der Waals surface area contributed by atoms with Gasteiger partial charge in [-0.05, 0) is 86.0 Å². The lowest BCUT2D eigenvalue weighted by molar-refractivity contribution is -0.139. The third-order valence-corrected chi connectivity index (χ3v) is 7.98. The van der Waals surface area contributed by atoms with Crippen molar-refractivity contribution in [3.8, 4) is 0 Å². The summed E-state index contributed by atoms with van der Waals surface area (Å²) in [5, 5.41) is 3.31. The summed E-state index contributed by atoms with van der Waals surface area (Å²) < 4.78 is 13.7. The lowest BCUT2D eigenvalue weighted by atomic mass is 9.51. The smallest absolute Gasteiger partial charge is 0.224 e. The Kier molecular flexibility index (Phi) is 3.66. The first-order valence-electron chi connectivity index (χ1n) is 9.40. The van der Waals surface area contributed by atoms with E-state index in [1.807, 2.05) is 6.07 Å². The van der Waals surface area contributed by atoms with Gasteiger partial charge in [0.1, 0.15) is 5.82 Å². The number of amides is 1. The zero-order chi connectivity index (χ0) is 16.3.